The monoisotopic (exact) mass is 438 g/mol. The van der Waals surface area contributed by atoms with Crippen molar-refractivity contribution >= 4 is 35.2 Å². The van der Waals surface area contributed by atoms with Crippen molar-refractivity contribution in [3.05, 3.63) is 26.4 Å². The van der Waals surface area contributed by atoms with Crippen LogP contribution in [-0.2, 0) is 27.9 Å². The third kappa shape index (κ3) is 3.66. The van der Waals surface area contributed by atoms with Crippen LogP contribution in [0.25, 0.3) is 0 Å². The normalized spacial score (nSPS) is 23.2. The largest absolute Gasteiger partial charge is 0.456 e. The predicted octanol–water partition coefficient (Wildman–Crippen LogP) is -0.0349. The van der Waals surface area contributed by atoms with Crippen LogP contribution in [-0.4, -0.2) is 55.0 Å². The number of hydrogen-bond acceptors (Lipinski definition) is 8. The van der Waals surface area contributed by atoms with Crippen molar-refractivity contribution in [2.75, 3.05) is 18.1 Å². The number of thioether (sulfide) groups is 1. The van der Waals surface area contributed by atoms with Gasteiger partial charge in [0.1, 0.15) is 17.4 Å². The number of fused-ring (bicyclic) bond motifs is 1. The molecule has 164 valence electrons. The van der Waals surface area contributed by atoms with E-state index in [9.17, 15) is 24.0 Å². The maximum absolute atomic E-state index is 12.7. The fraction of sp³-hybridized carbons (Fsp3) is 0.632. The standard InChI is InChI=1S/C19H26N4O6S/c1-10(2)7-22-15(20)14(16(26)21(4)18(22)28)12(24)8-29-17(27)11-9-30-19(3)6-5-13(25)23(11)19/h10-11H,5-9,20H2,1-4H3/t11-,19-/m1/s1. The topological polar surface area (TPSA) is 134 Å². The first-order chi connectivity index (χ1) is 14.0. The molecule has 2 aliphatic heterocycles. The molecule has 0 aliphatic carbocycles. The highest BCUT2D eigenvalue weighted by Crippen LogP contribution is 2.47. The highest BCUT2D eigenvalue weighted by atomic mass is 32.2. The molecular weight excluding hydrogens is 412 g/mol. The number of carbonyl (C=O) groups is 3. The summed E-state index contributed by atoms with van der Waals surface area (Å²) in [6, 6.07) is -0.766. The van der Waals surface area contributed by atoms with Gasteiger partial charge in [-0.15, -0.1) is 11.8 Å². The highest BCUT2D eigenvalue weighted by Gasteiger charge is 2.53. The second kappa shape index (κ2) is 7.93. The van der Waals surface area contributed by atoms with Gasteiger partial charge < -0.3 is 15.4 Å². The van der Waals surface area contributed by atoms with E-state index in [1.807, 2.05) is 20.8 Å². The first-order valence-corrected chi connectivity index (χ1v) is 10.7. The second-order valence-corrected chi connectivity index (χ2v) is 9.71. The summed E-state index contributed by atoms with van der Waals surface area (Å²) < 4.78 is 7.14. The summed E-state index contributed by atoms with van der Waals surface area (Å²) in [6.07, 6.45) is 1.03. The van der Waals surface area contributed by atoms with Crippen molar-refractivity contribution in [2.24, 2.45) is 13.0 Å². The molecule has 1 aromatic heterocycles. The van der Waals surface area contributed by atoms with Gasteiger partial charge in [-0.1, -0.05) is 13.8 Å². The van der Waals surface area contributed by atoms with E-state index >= 15 is 0 Å². The number of ether oxygens (including phenoxy) is 1. The zero-order chi connectivity index (χ0) is 22.4. The van der Waals surface area contributed by atoms with Gasteiger partial charge in [0.15, 0.2) is 6.61 Å². The average Bonchev–Trinajstić information content (AvgIpc) is 3.17. The van der Waals surface area contributed by atoms with Crippen molar-refractivity contribution in [1.29, 1.82) is 0 Å². The Bertz CT molecular complexity index is 1030. The van der Waals surface area contributed by atoms with E-state index in [2.05, 4.69) is 0 Å². The van der Waals surface area contributed by atoms with Gasteiger partial charge in [0.2, 0.25) is 11.7 Å². The predicted molar refractivity (Wildman–Crippen MR) is 111 cm³/mol. The lowest BCUT2D eigenvalue weighted by Gasteiger charge is -2.29. The smallest absolute Gasteiger partial charge is 0.332 e. The van der Waals surface area contributed by atoms with Crippen molar-refractivity contribution in [3.63, 3.8) is 0 Å². The zero-order valence-corrected chi connectivity index (χ0v) is 18.3. The number of carbonyl (C=O) groups excluding carboxylic acids is 3. The van der Waals surface area contributed by atoms with Crippen LogP contribution in [0.4, 0.5) is 5.82 Å². The van der Waals surface area contributed by atoms with Crippen molar-refractivity contribution in [2.45, 2.75) is 51.1 Å². The molecule has 10 nitrogen and oxygen atoms in total. The molecule has 2 saturated heterocycles. The van der Waals surface area contributed by atoms with E-state index in [-0.39, 0.29) is 29.8 Å². The van der Waals surface area contributed by atoms with Crippen LogP contribution in [0.1, 0.15) is 44.0 Å². The fourth-order valence-electron chi connectivity index (χ4n) is 3.89. The lowest BCUT2D eigenvalue weighted by atomic mass is 10.1. The molecular formula is C19H26N4O6S. The van der Waals surface area contributed by atoms with Crippen LogP contribution < -0.4 is 17.0 Å². The Labute approximate surface area is 177 Å². The number of Topliss-reactive ketones (excluding diaryl/α,β-unsaturated/α-hetero) is 1. The summed E-state index contributed by atoms with van der Waals surface area (Å²) in [6.45, 7) is 5.18. The third-order valence-corrected chi connectivity index (χ3v) is 6.98. The Morgan fingerprint density at radius 1 is 1.30 bits per heavy atom. The molecule has 0 bridgehead atoms. The van der Waals surface area contributed by atoms with Crippen LogP contribution in [0, 0.1) is 5.92 Å². The number of anilines is 1. The summed E-state index contributed by atoms with van der Waals surface area (Å²) in [5, 5.41) is 0. The molecule has 0 saturated carbocycles. The molecule has 2 atom stereocenters. The van der Waals surface area contributed by atoms with Gasteiger partial charge >= 0.3 is 11.7 Å². The van der Waals surface area contributed by atoms with Crippen LogP contribution in [0.3, 0.4) is 0 Å². The van der Waals surface area contributed by atoms with Crippen molar-refractivity contribution in [3.8, 4) is 0 Å². The van der Waals surface area contributed by atoms with Crippen LogP contribution >= 0.6 is 11.8 Å². The quantitative estimate of drug-likeness (QED) is 0.483. The molecule has 30 heavy (non-hydrogen) atoms. The molecule has 1 aromatic rings. The molecule has 1 amide bonds. The van der Waals surface area contributed by atoms with E-state index in [0.29, 0.717) is 18.6 Å². The number of nitrogen functional groups attached to an aromatic ring is 1. The molecule has 11 heteroatoms. The summed E-state index contributed by atoms with van der Waals surface area (Å²) in [5.41, 5.74) is 4.14. The van der Waals surface area contributed by atoms with Crippen LogP contribution in [0.15, 0.2) is 9.59 Å². The number of amides is 1. The Morgan fingerprint density at radius 2 is 1.97 bits per heavy atom. The first-order valence-electron chi connectivity index (χ1n) is 9.73. The first kappa shape index (κ1) is 22.1. The molecule has 3 heterocycles. The van der Waals surface area contributed by atoms with Gasteiger partial charge in [0, 0.05) is 25.8 Å². The van der Waals surface area contributed by atoms with Gasteiger partial charge in [-0.25, -0.2) is 9.59 Å². The van der Waals surface area contributed by atoms with Gasteiger partial charge in [0.25, 0.3) is 5.56 Å². The SMILES string of the molecule is CC(C)Cn1c(N)c(C(=O)COC(=O)[C@H]2CS[C@]3(C)CCC(=O)N23)c(=O)n(C)c1=O. The number of ketones is 1. The molecule has 0 aromatic carbocycles. The second-order valence-electron chi connectivity index (χ2n) is 8.21. The number of rotatable bonds is 6. The van der Waals surface area contributed by atoms with E-state index in [1.54, 1.807) is 0 Å². The minimum absolute atomic E-state index is 0.0513. The van der Waals surface area contributed by atoms with E-state index in [0.717, 1.165) is 4.57 Å². The van der Waals surface area contributed by atoms with E-state index in [1.165, 1.54) is 28.3 Å². The molecule has 0 unspecified atom stereocenters. The summed E-state index contributed by atoms with van der Waals surface area (Å²) in [5.74, 6) is -1.40. The van der Waals surface area contributed by atoms with E-state index in [4.69, 9.17) is 10.5 Å². The van der Waals surface area contributed by atoms with Crippen molar-refractivity contribution in [1.82, 2.24) is 14.0 Å². The summed E-state index contributed by atoms with van der Waals surface area (Å²) >= 11 is 1.51. The fourth-order valence-corrected chi connectivity index (χ4v) is 5.30. The zero-order valence-electron chi connectivity index (χ0n) is 17.5. The minimum atomic E-state index is -0.836. The maximum Gasteiger partial charge on any atom is 0.332 e. The van der Waals surface area contributed by atoms with Crippen molar-refractivity contribution < 1.29 is 19.1 Å². The Morgan fingerprint density at radius 3 is 2.60 bits per heavy atom. The molecule has 2 aliphatic rings. The molecule has 0 spiro atoms. The number of hydrogen-bond donors (Lipinski definition) is 1. The number of nitrogens with zero attached hydrogens (tertiary/aromatic N) is 3. The third-order valence-electron chi connectivity index (χ3n) is 5.47. The number of nitrogens with two attached hydrogens (primary N) is 1. The summed E-state index contributed by atoms with van der Waals surface area (Å²) in [7, 11) is 1.26. The molecule has 2 N–H and O–H groups in total. The summed E-state index contributed by atoms with van der Waals surface area (Å²) in [4.78, 5) is 63.3. The van der Waals surface area contributed by atoms with E-state index < -0.39 is 40.5 Å². The Balaban J connectivity index is 1.79. The lowest BCUT2D eigenvalue weighted by molar-refractivity contribution is -0.152. The molecule has 2 fully saturated rings. The van der Waals surface area contributed by atoms with Crippen LogP contribution in [0.2, 0.25) is 0 Å². The number of esters is 1. The lowest BCUT2D eigenvalue weighted by Crippen LogP contribution is -2.47. The number of aromatic nitrogens is 2. The van der Waals surface area contributed by atoms with Gasteiger partial charge in [-0.05, 0) is 19.3 Å². The highest BCUT2D eigenvalue weighted by molar-refractivity contribution is 8.01. The average molecular weight is 439 g/mol. The van der Waals surface area contributed by atoms with Gasteiger partial charge in [-0.3, -0.25) is 23.5 Å². The molecule has 3 rings (SSSR count). The van der Waals surface area contributed by atoms with Crippen LogP contribution in [0.5, 0.6) is 0 Å². The van der Waals surface area contributed by atoms with Gasteiger partial charge in [-0.2, -0.15) is 0 Å². The molecule has 0 radical (unpaired) electrons. The van der Waals surface area contributed by atoms with Gasteiger partial charge in [0.05, 0.1) is 4.87 Å². The Kier molecular flexibility index (Phi) is 5.85. The maximum atomic E-state index is 12.7. The minimum Gasteiger partial charge on any atom is -0.456 e. The Hall–Kier alpha value is -2.56.